The van der Waals surface area contributed by atoms with Crippen molar-refractivity contribution in [3.63, 3.8) is 0 Å². The van der Waals surface area contributed by atoms with Gasteiger partial charge in [-0.3, -0.25) is 0 Å². The van der Waals surface area contributed by atoms with Crippen LogP contribution in [0.2, 0.25) is 0 Å². The van der Waals surface area contributed by atoms with E-state index in [4.69, 9.17) is 9.84 Å². The number of hydrogen-bond acceptors (Lipinski definition) is 4. The van der Waals surface area contributed by atoms with Gasteiger partial charge >= 0.3 is 12.0 Å². The predicted octanol–water partition coefficient (Wildman–Crippen LogP) is 1.24. The first-order valence-corrected chi connectivity index (χ1v) is 5.48. The average Bonchev–Trinajstić information content (AvgIpc) is 2.39. The molecule has 0 aromatic carbocycles. The van der Waals surface area contributed by atoms with Gasteiger partial charge in [-0.2, -0.15) is 0 Å². The van der Waals surface area contributed by atoms with Gasteiger partial charge in [0.05, 0.1) is 19.0 Å². The zero-order valence-corrected chi connectivity index (χ0v) is 10.4. The number of urea groups is 1. The molecule has 1 rings (SSSR count). The number of amides is 2. The molecule has 0 aliphatic carbocycles. The normalized spacial score (nSPS) is 11.2. The van der Waals surface area contributed by atoms with Gasteiger partial charge < -0.3 is 20.5 Å². The van der Waals surface area contributed by atoms with E-state index in [0.717, 1.165) is 0 Å². The maximum Gasteiger partial charge on any atom is 0.326 e. The molecule has 1 aromatic heterocycles. The van der Waals surface area contributed by atoms with Crippen LogP contribution in [0.5, 0.6) is 5.88 Å². The Bertz CT molecular complexity index is 459. The lowest BCUT2D eigenvalue weighted by molar-refractivity contribution is -0.139. The second-order valence-electron chi connectivity index (χ2n) is 3.60. The molecule has 1 unspecified atom stereocenters. The first-order chi connectivity index (χ1) is 9.06. The van der Waals surface area contributed by atoms with Crippen LogP contribution in [0.1, 0.15) is 6.42 Å². The molecule has 0 aliphatic rings. The number of aromatic nitrogens is 1. The van der Waals surface area contributed by atoms with Crippen molar-refractivity contribution in [2.24, 2.45) is 0 Å². The highest BCUT2D eigenvalue weighted by Crippen LogP contribution is 2.10. The van der Waals surface area contributed by atoms with Crippen molar-refractivity contribution < 1.29 is 19.4 Å². The third-order valence-corrected chi connectivity index (χ3v) is 2.21. The average molecular weight is 265 g/mol. The number of carboxylic acid groups (broad SMARTS) is 1. The number of hydrogen-bond donors (Lipinski definition) is 3. The minimum Gasteiger partial charge on any atom is -0.481 e. The Morgan fingerprint density at radius 2 is 2.32 bits per heavy atom. The highest BCUT2D eigenvalue weighted by atomic mass is 16.5. The fourth-order valence-corrected chi connectivity index (χ4v) is 1.29. The van der Waals surface area contributed by atoms with Gasteiger partial charge in [0.1, 0.15) is 6.04 Å². The van der Waals surface area contributed by atoms with Gasteiger partial charge in [-0.25, -0.2) is 14.6 Å². The molecule has 0 saturated heterocycles. The molecule has 0 spiro atoms. The molecule has 1 heterocycles. The van der Waals surface area contributed by atoms with Crippen LogP contribution < -0.4 is 15.4 Å². The van der Waals surface area contributed by atoms with Gasteiger partial charge in [-0.15, -0.1) is 6.58 Å². The van der Waals surface area contributed by atoms with Crippen molar-refractivity contribution in [1.82, 2.24) is 10.3 Å². The van der Waals surface area contributed by atoms with Crippen molar-refractivity contribution in [2.75, 3.05) is 12.4 Å². The summed E-state index contributed by atoms with van der Waals surface area (Å²) in [6, 6.07) is 1.54. The zero-order chi connectivity index (χ0) is 14.3. The summed E-state index contributed by atoms with van der Waals surface area (Å²) in [7, 11) is 1.48. The Kier molecular flexibility index (Phi) is 5.34. The van der Waals surface area contributed by atoms with Gasteiger partial charge in [0.2, 0.25) is 5.88 Å². The first kappa shape index (κ1) is 14.5. The molecule has 1 aromatic rings. The van der Waals surface area contributed by atoms with E-state index in [-0.39, 0.29) is 6.42 Å². The number of carbonyl (C=O) groups is 2. The Morgan fingerprint density at radius 3 is 2.79 bits per heavy atom. The molecule has 0 saturated carbocycles. The molecular formula is C12H15N3O4. The fraction of sp³-hybridized carbons (Fsp3) is 0.250. The fourth-order valence-electron chi connectivity index (χ4n) is 1.29. The Labute approximate surface area is 110 Å². The molecule has 102 valence electrons. The van der Waals surface area contributed by atoms with Gasteiger partial charge in [0.15, 0.2) is 0 Å². The maximum atomic E-state index is 11.6. The molecule has 0 fully saturated rings. The van der Waals surface area contributed by atoms with Crippen molar-refractivity contribution >= 4 is 17.7 Å². The lowest BCUT2D eigenvalue weighted by atomic mass is 10.2. The standard InChI is InChI=1S/C12H15N3O4/c1-3-4-9(11(16)17)15-12(18)14-8-5-6-10(19-2)13-7-8/h3,5-7,9H,1,4H2,2H3,(H,16,17)(H2,14,15,18). The zero-order valence-electron chi connectivity index (χ0n) is 10.4. The summed E-state index contributed by atoms with van der Waals surface area (Å²) >= 11 is 0. The van der Waals surface area contributed by atoms with Crippen molar-refractivity contribution in [2.45, 2.75) is 12.5 Å². The van der Waals surface area contributed by atoms with E-state index in [2.05, 4.69) is 22.2 Å². The predicted molar refractivity (Wildman–Crippen MR) is 69.2 cm³/mol. The van der Waals surface area contributed by atoms with Crippen LogP contribution >= 0.6 is 0 Å². The maximum absolute atomic E-state index is 11.6. The van der Waals surface area contributed by atoms with Gasteiger partial charge in [-0.05, 0) is 12.5 Å². The molecule has 19 heavy (non-hydrogen) atoms. The molecule has 1 atom stereocenters. The van der Waals surface area contributed by atoms with Crippen molar-refractivity contribution in [1.29, 1.82) is 0 Å². The summed E-state index contributed by atoms with van der Waals surface area (Å²) in [5, 5.41) is 13.7. The SMILES string of the molecule is C=CCC(NC(=O)Nc1ccc(OC)nc1)C(=O)O. The number of methoxy groups -OCH3 is 1. The minimum absolute atomic E-state index is 0.142. The Hall–Kier alpha value is -2.57. The van der Waals surface area contributed by atoms with Crippen molar-refractivity contribution in [3.05, 3.63) is 31.0 Å². The third kappa shape index (κ3) is 4.66. The van der Waals surface area contributed by atoms with Crippen LogP contribution in [-0.2, 0) is 4.79 Å². The van der Waals surface area contributed by atoms with Crippen LogP contribution in [0.15, 0.2) is 31.0 Å². The molecule has 2 amide bonds. The summed E-state index contributed by atoms with van der Waals surface area (Å²) in [5.74, 6) is -0.705. The number of anilines is 1. The summed E-state index contributed by atoms with van der Waals surface area (Å²) in [4.78, 5) is 26.3. The number of pyridine rings is 1. The number of carbonyl (C=O) groups excluding carboxylic acids is 1. The van der Waals surface area contributed by atoms with Crippen LogP contribution in [0.4, 0.5) is 10.5 Å². The highest BCUT2D eigenvalue weighted by molar-refractivity contribution is 5.92. The lowest BCUT2D eigenvalue weighted by Gasteiger charge is -2.13. The van der Waals surface area contributed by atoms with E-state index in [0.29, 0.717) is 11.6 Å². The van der Waals surface area contributed by atoms with E-state index < -0.39 is 18.0 Å². The topological polar surface area (TPSA) is 101 Å². The largest absolute Gasteiger partial charge is 0.481 e. The molecule has 0 aliphatic heterocycles. The molecule has 7 heteroatoms. The highest BCUT2D eigenvalue weighted by Gasteiger charge is 2.18. The smallest absolute Gasteiger partial charge is 0.326 e. The number of ether oxygens (including phenoxy) is 1. The van der Waals surface area contributed by atoms with Crippen LogP contribution in [0.3, 0.4) is 0 Å². The van der Waals surface area contributed by atoms with Crippen LogP contribution in [0.25, 0.3) is 0 Å². The first-order valence-electron chi connectivity index (χ1n) is 5.48. The van der Waals surface area contributed by atoms with Crippen molar-refractivity contribution in [3.8, 4) is 5.88 Å². The molecule has 7 nitrogen and oxygen atoms in total. The molecular weight excluding hydrogens is 250 g/mol. The minimum atomic E-state index is -1.12. The number of rotatable bonds is 6. The molecule has 3 N–H and O–H groups in total. The molecule has 0 radical (unpaired) electrons. The lowest BCUT2D eigenvalue weighted by Crippen LogP contribution is -2.42. The van der Waals surface area contributed by atoms with E-state index in [1.165, 1.54) is 19.4 Å². The molecule has 0 bridgehead atoms. The van der Waals surface area contributed by atoms with E-state index in [1.807, 2.05) is 0 Å². The second kappa shape index (κ2) is 7.00. The van der Waals surface area contributed by atoms with Gasteiger partial charge in [-0.1, -0.05) is 6.08 Å². The Balaban J connectivity index is 2.57. The summed E-state index contributed by atoms with van der Waals surface area (Å²) in [6.45, 7) is 3.43. The number of nitrogens with zero attached hydrogens (tertiary/aromatic N) is 1. The summed E-state index contributed by atoms with van der Waals surface area (Å²) < 4.78 is 4.87. The summed E-state index contributed by atoms with van der Waals surface area (Å²) in [6.07, 6.45) is 2.97. The van der Waals surface area contributed by atoms with E-state index in [1.54, 1.807) is 12.1 Å². The third-order valence-electron chi connectivity index (χ3n) is 2.21. The van der Waals surface area contributed by atoms with Gasteiger partial charge in [0.25, 0.3) is 0 Å². The quantitative estimate of drug-likeness (QED) is 0.672. The monoisotopic (exact) mass is 265 g/mol. The van der Waals surface area contributed by atoms with Gasteiger partial charge in [0, 0.05) is 6.07 Å². The van der Waals surface area contributed by atoms with Crippen LogP contribution in [-0.4, -0.2) is 35.2 Å². The van der Waals surface area contributed by atoms with Crippen LogP contribution in [0, 0.1) is 0 Å². The number of carboxylic acids is 1. The van der Waals surface area contributed by atoms with E-state index in [9.17, 15) is 9.59 Å². The number of nitrogens with one attached hydrogen (secondary N) is 2. The summed E-state index contributed by atoms with van der Waals surface area (Å²) in [5.41, 5.74) is 0.432. The second-order valence-corrected chi connectivity index (χ2v) is 3.60. The van der Waals surface area contributed by atoms with E-state index >= 15 is 0 Å². The number of aliphatic carboxylic acids is 1. The Morgan fingerprint density at radius 1 is 1.58 bits per heavy atom.